The second-order valence-electron chi connectivity index (χ2n) is 4.44. The van der Waals surface area contributed by atoms with Crippen molar-refractivity contribution < 1.29 is 18.7 Å². The third-order valence-electron chi connectivity index (χ3n) is 2.91. The molecule has 0 saturated carbocycles. The first kappa shape index (κ1) is 15.0. The Bertz CT molecular complexity index is 643. The highest BCUT2D eigenvalue weighted by Gasteiger charge is 2.09. The molecule has 2 aromatic rings. The van der Waals surface area contributed by atoms with Crippen LogP contribution in [0.4, 0.5) is 10.1 Å². The Morgan fingerprint density at radius 3 is 2.67 bits per heavy atom. The number of methoxy groups -OCH3 is 2. The number of rotatable bonds is 5. The lowest BCUT2D eigenvalue weighted by Crippen LogP contribution is -2.12. The predicted molar refractivity (Wildman–Crippen MR) is 78.1 cm³/mol. The van der Waals surface area contributed by atoms with Crippen LogP contribution in [-0.2, 0) is 11.3 Å². The molecular formula is C16H16FNO3. The van der Waals surface area contributed by atoms with Crippen molar-refractivity contribution in [2.24, 2.45) is 0 Å². The normalized spacial score (nSPS) is 10.2. The number of halogens is 1. The van der Waals surface area contributed by atoms with Gasteiger partial charge >= 0.3 is 0 Å². The van der Waals surface area contributed by atoms with Gasteiger partial charge in [0.15, 0.2) is 11.6 Å². The SMILES string of the molecule is COCc1cccc(C(=O)Nc2ccc(OC)c(F)c2)c1. The minimum Gasteiger partial charge on any atom is -0.494 e. The fourth-order valence-electron chi connectivity index (χ4n) is 1.92. The highest BCUT2D eigenvalue weighted by molar-refractivity contribution is 6.04. The van der Waals surface area contributed by atoms with Gasteiger partial charge < -0.3 is 14.8 Å². The number of hydrogen-bond acceptors (Lipinski definition) is 3. The third kappa shape index (κ3) is 3.79. The molecule has 0 radical (unpaired) electrons. The fourth-order valence-corrected chi connectivity index (χ4v) is 1.92. The van der Waals surface area contributed by atoms with Crippen LogP contribution < -0.4 is 10.1 Å². The second kappa shape index (κ2) is 6.85. The summed E-state index contributed by atoms with van der Waals surface area (Å²) in [5, 5.41) is 2.64. The molecule has 0 heterocycles. The van der Waals surface area contributed by atoms with Gasteiger partial charge in [0, 0.05) is 24.4 Å². The average molecular weight is 289 g/mol. The van der Waals surface area contributed by atoms with Crippen LogP contribution in [0.1, 0.15) is 15.9 Å². The maximum atomic E-state index is 13.6. The Balaban J connectivity index is 2.14. The summed E-state index contributed by atoms with van der Waals surface area (Å²) < 4.78 is 23.4. The van der Waals surface area contributed by atoms with E-state index in [0.717, 1.165) is 5.56 Å². The van der Waals surface area contributed by atoms with Gasteiger partial charge in [-0.05, 0) is 29.8 Å². The molecular weight excluding hydrogens is 273 g/mol. The number of hydrogen-bond donors (Lipinski definition) is 1. The van der Waals surface area contributed by atoms with Crippen molar-refractivity contribution in [3.05, 3.63) is 59.4 Å². The Morgan fingerprint density at radius 2 is 2.00 bits per heavy atom. The van der Waals surface area contributed by atoms with Crippen LogP contribution in [0.25, 0.3) is 0 Å². The van der Waals surface area contributed by atoms with Gasteiger partial charge in [0.05, 0.1) is 13.7 Å². The lowest BCUT2D eigenvalue weighted by atomic mass is 10.1. The Labute approximate surface area is 122 Å². The topological polar surface area (TPSA) is 47.6 Å². The van der Waals surface area contributed by atoms with E-state index in [0.29, 0.717) is 17.9 Å². The first-order chi connectivity index (χ1) is 10.1. The quantitative estimate of drug-likeness (QED) is 0.919. The summed E-state index contributed by atoms with van der Waals surface area (Å²) in [7, 11) is 2.98. The lowest BCUT2D eigenvalue weighted by molar-refractivity contribution is 0.102. The average Bonchev–Trinajstić information content (AvgIpc) is 2.48. The number of ether oxygens (including phenoxy) is 2. The minimum absolute atomic E-state index is 0.134. The van der Waals surface area contributed by atoms with Crippen LogP contribution in [0.5, 0.6) is 5.75 Å². The molecule has 0 saturated heterocycles. The molecule has 0 spiro atoms. The van der Waals surface area contributed by atoms with E-state index >= 15 is 0 Å². The minimum atomic E-state index is -0.525. The van der Waals surface area contributed by atoms with Gasteiger partial charge in [-0.3, -0.25) is 4.79 Å². The van der Waals surface area contributed by atoms with E-state index in [1.165, 1.54) is 19.2 Å². The molecule has 4 nitrogen and oxygen atoms in total. The van der Waals surface area contributed by atoms with E-state index in [1.54, 1.807) is 31.4 Å². The second-order valence-corrected chi connectivity index (χ2v) is 4.44. The molecule has 0 aliphatic heterocycles. The van der Waals surface area contributed by atoms with Crippen LogP contribution in [0.3, 0.4) is 0 Å². The highest BCUT2D eigenvalue weighted by Crippen LogP contribution is 2.21. The largest absolute Gasteiger partial charge is 0.494 e. The smallest absolute Gasteiger partial charge is 0.255 e. The summed E-state index contributed by atoms with van der Waals surface area (Å²) in [5.41, 5.74) is 1.75. The molecule has 0 bridgehead atoms. The van der Waals surface area contributed by atoms with Gasteiger partial charge in [-0.15, -0.1) is 0 Å². The summed E-state index contributed by atoms with van der Waals surface area (Å²) in [6.45, 7) is 0.429. The third-order valence-corrected chi connectivity index (χ3v) is 2.91. The van der Waals surface area contributed by atoms with Crippen molar-refractivity contribution in [3.63, 3.8) is 0 Å². The molecule has 0 fully saturated rings. The highest BCUT2D eigenvalue weighted by atomic mass is 19.1. The zero-order valence-electron chi connectivity index (χ0n) is 11.9. The summed E-state index contributed by atoms with van der Waals surface area (Å²) in [6, 6.07) is 11.3. The molecule has 21 heavy (non-hydrogen) atoms. The van der Waals surface area contributed by atoms with Gasteiger partial charge in [0.1, 0.15) is 0 Å². The standard InChI is InChI=1S/C16H16FNO3/c1-20-10-11-4-3-5-12(8-11)16(19)18-13-6-7-15(21-2)14(17)9-13/h3-9H,10H2,1-2H3,(H,18,19). The summed E-state index contributed by atoms with van der Waals surface area (Å²) in [6.07, 6.45) is 0. The zero-order valence-corrected chi connectivity index (χ0v) is 11.9. The number of nitrogens with one attached hydrogen (secondary N) is 1. The zero-order chi connectivity index (χ0) is 15.2. The number of anilines is 1. The monoisotopic (exact) mass is 289 g/mol. The maximum absolute atomic E-state index is 13.6. The van der Waals surface area contributed by atoms with Crippen molar-refractivity contribution in [3.8, 4) is 5.75 Å². The summed E-state index contributed by atoms with van der Waals surface area (Å²) >= 11 is 0. The van der Waals surface area contributed by atoms with Crippen LogP contribution in [0.15, 0.2) is 42.5 Å². The number of carbonyl (C=O) groups is 1. The first-order valence-electron chi connectivity index (χ1n) is 6.37. The van der Waals surface area contributed by atoms with Crippen LogP contribution >= 0.6 is 0 Å². The van der Waals surface area contributed by atoms with Crippen molar-refractivity contribution in [1.82, 2.24) is 0 Å². The van der Waals surface area contributed by atoms with Crippen molar-refractivity contribution in [2.75, 3.05) is 19.5 Å². The van der Waals surface area contributed by atoms with Crippen LogP contribution in [-0.4, -0.2) is 20.1 Å². The van der Waals surface area contributed by atoms with Crippen molar-refractivity contribution >= 4 is 11.6 Å². The van der Waals surface area contributed by atoms with Crippen molar-refractivity contribution in [2.45, 2.75) is 6.61 Å². The molecule has 0 atom stereocenters. The molecule has 0 unspecified atom stereocenters. The van der Waals surface area contributed by atoms with E-state index in [-0.39, 0.29) is 11.7 Å². The van der Waals surface area contributed by atoms with E-state index in [4.69, 9.17) is 9.47 Å². The van der Waals surface area contributed by atoms with Crippen molar-refractivity contribution in [1.29, 1.82) is 0 Å². The Morgan fingerprint density at radius 1 is 1.19 bits per heavy atom. The van der Waals surface area contributed by atoms with E-state index in [2.05, 4.69) is 5.32 Å². The molecule has 110 valence electrons. The molecule has 0 aliphatic carbocycles. The number of benzene rings is 2. The van der Waals surface area contributed by atoms with E-state index in [1.807, 2.05) is 6.07 Å². The van der Waals surface area contributed by atoms with Gasteiger partial charge in [-0.25, -0.2) is 4.39 Å². The van der Waals surface area contributed by atoms with E-state index < -0.39 is 5.82 Å². The van der Waals surface area contributed by atoms with Crippen LogP contribution in [0.2, 0.25) is 0 Å². The predicted octanol–water partition coefficient (Wildman–Crippen LogP) is 3.23. The van der Waals surface area contributed by atoms with E-state index in [9.17, 15) is 9.18 Å². The summed E-state index contributed by atoms with van der Waals surface area (Å²) in [4.78, 5) is 12.1. The molecule has 5 heteroatoms. The molecule has 2 aromatic carbocycles. The molecule has 0 aliphatic rings. The maximum Gasteiger partial charge on any atom is 0.255 e. The molecule has 1 N–H and O–H groups in total. The van der Waals surface area contributed by atoms with Gasteiger partial charge in [0.25, 0.3) is 5.91 Å². The molecule has 0 aromatic heterocycles. The Kier molecular flexibility index (Phi) is 4.90. The Hall–Kier alpha value is -2.40. The van der Waals surface area contributed by atoms with Crippen LogP contribution in [0, 0.1) is 5.82 Å². The number of carbonyl (C=O) groups excluding carboxylic acids is 1. The lowest BCUT2D eigenvalue weighted by Gasteiger charge is -2.08. The number of amides is 1. The fraction of sp³-hybridized carbons (Fsp3) is 0.188. The molecule has 1 amide bonds. The molecule has 2 rings (SSSR count). The van der Waals surface area contributed by atoms with Gasteiger partial charge in [-0.2, -0.15) is 0 Å². The summed E-state index contributed by atoms with van der Waals surface area (Å²) in [5.74, 6) is -0.698. The van der Waals surface area contributed by atoms with Gasteiger partial charge in [-0.1, -0.05) is 12.1 Å². The van der Waals surface area contributed by atoms with Gasteiger partial charge in [0.2, 0.25) is 0 Å². The first-order valence-corrected chi connectivity index (χ1v) is 6.37.